The Bertz CT molecular complexity index is 279. The number of hydrogen-bond acceptors (Lipinski definition) is 3. The van der Waals surface area contributed by atoms with Gasteiger partial charge in [0.05, 0.1) is 0 Å². The van der Waals surface area contributed by atoms with Crippen LogP contribution >= 0.6 is 11.8 Å². The fourth-order valence-electron chi connectivity index (χ4n) is 1.69. The van der Waals surface area contributed by atoms with E-state index in [-0.39, 0.29) is 12.5 Å². The normalized spacial score (nSPS) is 21.9. The van der Waals surface area contributed by atoms with E-state index in [4.69, 9.17) is 0 Å². The summed E-state index contributed by atoms with van der Waals surface area (Å²) in [6.45, 7) is 7.46. The first kappa shape index (κ1) is 14.4. The highest BCUT2D eigenvalue weighted by atomic mass is 32.2. The number of hydrogen-bond donors (Lipinski definition) is 2. The number of amidine groups is 1. The SMILES string of the molecule is CCCNC(=O)CN=C1NC(CC(C)C)CS1. The summed E-state index contributed by atoms with van der Waals surface area (Å²) < 4.78 is 0. The zero-order valence-corrected chi connectivity index (χ0v) is 11.8. The molecule has 1 heterocycles. The molecule has 0 aromatic heterocycles. The quantitative estimate of drug-likeness (QED) is 0.760. The third-order valence-electron chi connectivity index (χ3n) is 2.44. The van der Waals surface area contributed by atoms with Crippen LogP contribution in [0.3, 0.4) is 0 Å². The number of carbonyl (C=O) groups is 1. The van der Waals surface area contributed by atoms with Gasteiger partial charge in [0.1, 0.15) is 6.54 Å². The summed E-state index contributed by atoms with van der Waals surface area (Å²) in [7, 11) is 0. The lowest BCUT2D eigenvalue weighted by atomic mass is 10.1. The van der Waals surface area contributed by atoms with Crippen LogP contribution < -0.4 is 10.6 Å². The summed E-state index contributed by atoms with van der Waals surface area (Å²) in [5.41, 5.74) is 0. The first-order chi connectivity index (χ1) is 8.11. The van der Waals surface area contributed by atoms with Gasteiger partial charge in [-0.1, -0.05) is 32.5 Å². The van der Waals surface area contributed by atoms with Gasteiger partial charge in [-0.2, -0.15) is 0 Å². The van der Waals surface area contributed by atoms with Crippen molar-refractivity contribution < 1.29 is 4.79 Å². The molecule has 1 aliphatic heterocycles. The molecule has 0 bridgehead atoms. The van der Waals surface area contributed by atoms with Crippen LogP contribution in [0.15, 0.2) is 4.99 Å². The van der Waals surface area contributed by atoms with Gasteiger partial charge in [-0.05, 0) is 18.8 Å². The van der Waals surface area contributed by atoms with Crippen molar-refractivity contribution in [1.29, 1.82) is 0 Å². The maximum absolute atomic E-state index is 11.4. The molecule has 4 nitrogen and oxygen atoms in total. The van der Waals surface area contributed by atoms with Crippen LogP contribution in [0, 0.1) is 5.92 Å². The second kappa shape index (κ2) is 7.58. The van der Waals surface area contributed by atoms with E-state index >= 15 is 0 Å². The monoisotopic (exact) mass is 257 g/mol. The van der Waals surface area contributed by atoms with Crippen molar-refractivity contribution >= 4 is 22.8 Å². The van der Waals surface area contributed by atoms with Gasteiger partial charge < -0.3 is 10.6 Å². The first-order valence-corrected chi connectivity index (χ1v) is 7.30. The van der Waals surface area contributed by atoms with E-state index in [1.54, 1.807) is 11.8 Å². The fraction of sp³-hybridized carbons (Fsp3) is 0.833. The molecule has 0 aromatic carbocycles. The number of nitrogens with one attached hydrogen (secondary N) is 2. The van der Waals surface area contributed by atoms with Crippen LogP contribution in [0.2, 0.25) is 0 Å². The molecule has 0 saturated carbocycles. The van der Waals surface area contributed by atoms with E-state index in [0.29, 0.717) is 12.0 Å². The molecule has 0 aromatic rings. The standard InChI is InChI=1S/C12H23N3OS/c1-4-5-13-11(16)7-14-12-15-10(8-17-12)6-9(2)3/h9-10H,4-8H2,1-3H3,(H,13,16)(H,14,15). The summed E-state index contributed by atoms with van der Waals surface area (Å²) in [5.74, 6) is 1.77. The molecule has 0 aliphatic carbocycles. The van der Waals surface area contributed by atoms with Crippen molar-refractivity contribution in [3.8, 4) is 0 Å². The number of carbonyl (C=O) groups excluding carboxylic acids is 1. The minimum absolute atomic E-state index is 0.00839. The number of thioether (sulfide) groups is 1. The Morgan fingerprint density at radius 2 is 2.41 bits per heavy atom. The smallest absolute Gasteiger partial charge is 0.241 e. The van der Waals surface area contributed by atoms with Crippen molar-refractivity contribution in [2.45, 2.75) is 39.7 Å². The third kappa shape index (κ3) is 5.96. The topological polar surface area (TPSA) is 53.5 Å². The Morgan fingerprint density at radius 1 is 1.65 bits per heavy atom. The Labute approximate surface area is 108 Å². The lowest BCUT2D eigenvalue weighted by Gasteiger charge is -2.11. The van der Waals surface area contributed by atoms with Gasteiger partial charge in [0.25, 0.3) is 0 Å². The molecular formula is C12H23N3OS. The van der Waals surface area contributed by atoms with Crippen LogP contribution in [0.25, 0.3) is 0 Å². The Hall–Kier alpha value is -0.710. The lowest BCUT2D eigenvalue weighted by Crippen LogP contribution is -2.30. The highest BCUT2D eigenvalue weighted by Crippen LogP contribution is 2.18. The second-order valence-electron chi connectivity index (χ2n) is 4.75. The maximum atomic E-state index is 11.4. The van der Waals surface area contributed by atoms with Crippen molar-refractivity contribution in [3.05, 3.63) is 0 Å². The molecule has 2 N–H and O–H groups in total. The molecule has 1 rings (SSSR count). The summed E-state index contributed by atoms with van der Waals surface area (Å²) in [4.78, 5) is 15.7. The molecule has 17 heavy (non-hydrogen) atoms. The van der Waals surface area contributed by atoms with Gasteiger partial charge in [0.2, 0.25) is 5.91 Å². The van der Waals surface area contributed by atoms with E-state index < -0.39 is 0 Å². The second-order valence-corrected chi connectivity index (χ2v) is 5.76. The molecule has 98 valence electrons. The number of amides is 1. The molecule has 1 amide bonds. The molecule has 5 heteroatoms. The van der Waals surface area contributed by atoms with Gasteiger partial charge in [0.15, 0.2) is 5.17 Å². The molecular weight excluding hydrogens is 234 g/mol. The molecule has 1 saturated heterocycles. The molecule has 0 radical (unpaired) electrons. The van der Waals surface area contributed by atoms with Crippen LogP contribution in [-0.4, -0.2) is 36.0 Å². The number of rotatable bonds is 6. The minimum Gasteiger partial charge on any atom is -0.361 e. The van der Waals surface area contributed by atoms with E-state index in [9.17, 15) is 4.79 Å². The average molecular weight is 257 g/mol. The van der Waals surface area contributed by atoms with E-state index in [0.717, 1.165) is 30.3 Å². The van der Waals surface area contributed by atoms with Gasteiger partial charge in [-0.3, -0.25) is 9.79 Å². The maximum Gasteiger partial charge on any atom is 0.241 e. The molecule has 1 fully saturated rings. The number of nitrogens with zero attached hydrogens (tertiary/aromatic N) is 1. The molecule has 1 atom stereocenters. The zero-order valence-electron chi connectivity index (χ0n) is 11.0. The number of aliphatic imine (C=N–C) groups is 1. The van der Waals surface area contributed by atoms with Crippen LogP contribution in [-0.2, 0) is 4.79 Å². The summed E-state index contributed by atoms with van der Waals surface area (Å²) in [6, 6.07) is 0.512. The Morgan fingerprint density at radius 3 is 3.06 bits per heavy atom. The largest absolute Gasteiger partial charge is 0.361 e. The molecule has 1 aliphatic rings. The van der Waals surface area contributed by atoms with Gasteiger partial charge in [-0.15, -0.1) is 0 Å². The van der Waals surface area contributed by atoms with Gasteiger partial charge in [-0.25, -0.2) is 0 Å². The predicted molar refractivity (Wildman–Crippen MR) is 74.4 cm³/mol. The highest BCUT2D eigenvalue weighted by Gasteiger charge is 2.20. The highest BCUT2D eigenvalue weighted by molar-refractivity contribution is 8.14. The van der Waals surface area contributed by atoms with E-state index in [1.165, 1.54) is 0 Å². The van der Waals surface area contributed by atoms with Crippen molar-refractivity contribution in [2.24, 2.45) is 10.9 Å². The van der Waals surface area contributed by atoms with Crippen LogP contribution in [0.4, 0.5) is 0 Å². The third-order valence-corrected chi connectivity index (χ3v) is 3.53. The van der Waals surface area contributed by atoms with Crippen molar-refractivity contribution in [2.75, 3.05) is 18.8 Å². The van der Waals surface area contributed by atoms with Crippen LogP contribution in [0.1, 0.15) is 33.6 Å². The van der Waals surface area contributed by atoms with Crippen LogP contribution in [0.5, 0.6) is 0 Å². The lowest BCUT2D eigenvalue weighted by molar-refractivity contribution is -0.119. The van der Waals surface area contributed by atoms with Crippen molar-refractivity contribution in [1.82, 2.24) is 10.6 Å². The zero-order chi connectivity index (χ0) is 12.7. The fourth-order valence-corrected chi connectivity index (χ4v) is 2.67. The van der Waals surface area contributed by atoms with Gasteiger partial charge >= 0.3 is 0 Å². The molecule has 1 unspecified atom stereocenters. The predicted octanol–water partition coefficient (Wildman–Crippen LogP) is 1.62. The van der Waals surface area contributed by atoms with Crippen molar-refractivity contribution in [3.63, 3.8) is 0 Å². The van der Waals surface area contributed by atoms with E-state index in [1.807, 2.05) is 6.92 Å². The van der Waals surface area contributed by atoms with E-state index in [2.05, 4.69) is 29.5 Å². The summed E-state index contributed by atoms with van der Waals surface area (Å²) in [6.07, 6.45) is 2.12. The average Bonchev–Trinajstić information content (AvgIpc) is 2.70. The minimum atomic E-state index is 0.00839. The Kier molecular flexibility index (Phi) is 6.40. The Balaban J connectivity index is 2.25. The first-order valence-electron chi connectivity index (χ1n) is 6.32. The molecule has 0 spiro atoms. The van der Waals surface area contributed by atoms with Gasteiger partial charge in [0, 0.05) is 18.3 Å². The summed E-state index contributed by atoms with van der Waals surface area (Å²) >= 11 is 1.72. The summed E-state index contributed by atoms with van der Waals surface area (Å²) in [5, 5.41) is 7.10.